The number of hydrogen-bond acceptors (Lipinski definition) is 4. The fourth-order valence-electron chi connectivity index (χ4n) is 5.21. The van der Waals surface area contributed by atoms with Crippen LogP contribution in [0.15, 0.2) is 18.2 Å². The van der Waals surface area contributed by atoms with Gasteiger partial charge in [-0.15, -0.1) is 0 Å². The molecule has 1 aromatic rings. The summed E-state index contributed by atoms with van der Waals surface area (Å²) in [5, 5.41) is 2.89. The molecule has 0 saturated carbocycles. The molecule has 3 saturated heterocycles. The van der Waals surface area contributed by atoms with E-state index in [-0.39, 0.29) is 35.8 Å². The Kier molecular flexibility index (Phi) is 5.96. The average Bonchev–Trinajstić information content (AvgIpc) is 3.08. The highest BCUT2D eigenvalue weighted by Gasteiger charge is 2.45. The second-order valence-electron chi connectivity index (χ2n) is 8.94. The maximum Gasteiger partial charge on any atom is 0.236 e. The molecule has 3 aliphatic rings. The van der Waals surface area contributed by atoms with Gasteiger partial charge in [-0.2, -0.15) is 0 Å². The van der Waals surface area contributed by atoms with E-state index in [0.717, 1.165) is 12.5 Å². The van der Waals surface area contributed by atoms with E-state index in [4.69, 9.17) is 5.73 Å². The maximum absolute atomic E-state index is 14.5. The number of halogens is 2. The van der Waals surface area contributed by atoms with Gasteiger partial charge in [0, 0.05) is 49.8 Å². The van der Waals surface area contributed by atoms with Crippen molar-refractivity contribution in [1.29, 1.82) is 0 Å². The van der Waals surface area contributed by atoms with Crippen LogP contribution in [0.2, 0.25) is 0 Å². The number of benzene rings is 1. The highest BCUT2D eigenvalue weighted by Crippen LogP contribution is 2.39. The fraction of sp³-hybridized carbons (Fsp3) is 0.591. The predicted molar refractivity (Wildman–Crippen MR) is 108 cm³/mol. The van der Waals surface area contributed by atoms with E-state index in [9.17, 15) is 23.2 Å². The summed E-state index contributed by atoms with van der Waals surface area (Å²) in [7, 11) is 0. The van der Waals surface area contributed by atoms with Crippen LogP contribution in [0.1, 0.15) is 43.7 Å². The number of carbonyl (C=O) groups excluding carboxylic acids is 3. The summed E-state index contributed by atoms with van der Waals surface area (Å²) in [5.41, 5.74) is 5.40. The van der Waals surface area contributed by atoms with Gasteiger partial charge in [-0.1, -0.05) is 6.07 Å². The fourth-order valence-corrected chi connectivity index (χ4v) is 5.21. The Bertz CT molecular complexity index is 886. The lowest BCUT2D eigenvalue weighted by Gasteiger charge is -2.41. The van der Waals surface area contributed by atoms with Crippen molar-refractivity contribution in [1.82, 2.24) is 15.1 Å². The topological polar surface area (TPSA) is 95.7 Å². The van der Waals surface area contributed by atoms with Gasteiger partial charge < -0.3 is 16.0 Å². The van der Waals surface area contributed by atoms with Crippen molar-refractivity contribution in [3.63, 3.8) is 0 Å². The Hall–Kier alpha value is -2.55. The molecule has 3 N–H and O–H groups in total. The molecule has 3 amide bonds. The molecule has 31 heavy (non-hydrogen) atoms. The second-order valence-corrected chi connectivity index (χ2v) is 8.94. The van der Waals surface area contributed by atoms with Crippen LogP contribution in [-0.2, 0) is 14.4 Å². The van der Waals surface area contributed by atoms with Crippen molar-refractivity contribution in [2.45, 2.75) is 38.1 Å². The smallest absolute Gasteiger partial charge is 0.236 e. The van der Waals surface area contributed by atoms with Gasteiger partial charge in [0.05, 0.1) is 12.0 Å². The summed E-state index contributed by atoms with van der Waals surface area (Å²) in [6.45, 7) is 2.21. The van der Waals surface area contributed by atoms with Crippen molar-refractivity contribution in [3.8, 4) is 0 Å². The first-order valence-electron chi connectivity index (χ1n) is 10.8. The number of piperidine rings is 2. The normalized spacial score (nSPS) is 26.1. The van der Waals surface area contributed by atoms with Crippen LogP contribution in [0.3, 0.4) is 0 Å². The zero-order chi connectivity index (χ0) is 22.2. The monoisotopic (exact) mass is 434 g/mol. The SMILES string of the molecule is NC(=O)C1CCN(CC(=O)N2CCC3(CCNC3=O)CC2)C(c2ccc(F)cc2F)C1. The molecule has 0 aromatic heterocycles. The highest BCUT2D eigenvalue weighted by atomic mass is 19.1. The second kappa shape index (κ2) is 8.53. The molecule has 2 atom stereocenters. The van der Waals surface area contributed by atoms with E-state index in [0.29, 0.717) is 45.4 Å². The van der Waals surface area contributed by atoms with E-state index in [2.05, 4.69) is 5.32 Å². The number of amides is 3. The lowest BCUT2D eigenvalue weighted by atomic mass is 9.77. The van der Waals surface area contributed by atoms with Gasteiger partial charge in [0.15, 0.2) is 0 Å². The zero-order valence-corrected chi connectivity index (χ0v) is 17.4. The summed E-state index contributed by atoms with van der Waals surface area (Å²) >= 11 is 0. The zero-order valence-electron chi connectivity index (χ0n) is 17.4. The highest BCUT2D eigenvalue weighted by molar-refractivity contribution is 5.85. The third-order valence-corrected chi connectivity index (χ3v) is 7.22. The van der Waals surface area contributed by atoms with Crippen LogP contribution in [0.4, 0.5) is 8.78 Å². The molecule has 3 heterocycles. The molecule has 0 aliphatic carbocycles. The number of carbonyl (C=O) groups is 3. The van der Waals surface area contributed by atoms with Crippen molar-refractivity contribution >= 4 is 17.7 Å². The van der Waals surface area contributed by atoms with Crippen molar-refractivity contribution < 1.29 is 23.2 Å². The number of rotatable bonds is 4. The van der Waals surface area contributed by atoms with Crippen LogP contribution < -0.4 is 11.1 Å². The predicted octanol–water partition coefficient (Wildman–Crippen LogP) is 1.33. The first-order valence-corrected chi connectivity index (χ1v) is 10.8. The minimum absolute atomic E-state index is 0.0756. The number of primary amides is 1. The van der Waals surface area contributed by atoms with E-state index >= 15 is 0 Å². The Labute approximate surface area is 179 Å². The molecule has 1 aromatic carbocycles. The van der Waals surface area contributed by atoms with E-state index in [1.807, 2.05) is 4.90 Å². The lowest BCUT2D eigenvalue weighted by molar-refractivity contribution is -0.140. The lowest BCUT2D eigenvalue weighted by Crippen LogP contribution is -2.50. The number of hydrogen-bond donors (Lipinski definition) is 2. The van der Waals surface area contributed by atoms with Gasteiger partial charge in [0.1, 0.15) is 11.6 Å². The van der Waals surface area contributed by atoms with Gasteiger partial charge in [0.2, 0.25) is 17.7 Å². The number of nitrogens with two attached hydrogens (primary N) is 1. The minimum Gasteiger partial charge on any atom is -0.369 e. The molecule has 3 fully saturated rings. The van der Waals surface area contributed by atoms with Crippen molar-refractivity contribution in [2.75, 3.05) is 32.7 Å². The summed E-state index contributed by atoms with van der Waals surface area (Å²) < 4.78 is 27.9. The van der Waals surface area contributed by atoms with Gasteiger partial charge >= 0.3 is 0 Å². The van der Waals surface area contributed by atoms with Crippen LogP contribution in [0.5, 0.6) is 0 Å². The Morgan fingerprint density at radius 1 is 1.16 bits per heavy atom. The first-order chi connectivity index (χ1) is 14.8. The van der Waals surface area contributed by atoms with Crippen LogP contribution in [0.25, 0.3) is 0 Å². The standard InChI is InChI=1S/C22H28F2N4O3/c23-15-1-2-16(17(24)12-15)18-11-14(20(25)30)3-8-28(18)13-19(29)27-9-5-22(6-10-27)4-7-26-21(22)31/h1-2,12,14,18H,3-11,13H2,(H2,25,30)(H,26,31). The van der Waals surface area contributed by atoms with Crippen molar-refractivity contribution in [3.05, 3.63) is 35.4 Å². The van der Waals surface area contributed by atoms with E-state index in [1.165, 1.54) is 12.1 Å². The Morgan fingerprint density at radius 2 is 1.90 bits per heavy atom. The van der Waals surface area contributed by atoms with Gasteiger partial charge in [-0.05, 0) is 38.2 Å². The average molecular weight is 434 g/mol. The largest absolute Gasteiger partial charge is 0.369 e. The van der Waals surface area contributed by atoms with Crippen LogP contribution >= 0.6 is 0 Å². The van der Waals surface area contributed by atoms with Gasteiger partial charge in [-0.3, -0.25) is 19.3 Å². The number of nitrogens with zero attached hydrogens (tertiary/aromatic N) is 2. The molecule has 3 aliphatic heterocycles. The Morgan fingerprint density at radius 3 is 2.52 bits per heavy atom. The minimum atomic E-state index is -0.695. The maximum atomic E-state index is 14.5. The van der Waals surface area contributed by atoms with E-state index < -0.39 is 29.5 Å². The van der Waals surface area contributed by atoms with Gasteiger partial charge in [-0.25, -0.2) is 8.78 Å². The third-order valence-electron chi connectivity index (χ3n) is 7.22. The molecule has 4 rings (SSSR count). The molecule has 168 valence electrons. The first kappa shape index (κ1) is 21.7. The van der Waals surface area contributed by atoms with Gasteiger partial charge in [0.25, 0.3) is 0 Å². The summed E-state index contributed by atoms with van der Waals surface area (Å²) in [4.78, 5) is 40.5. The molecular weight excluding hydrogens is 406 g/mol. The summed E-state index contributed by atoms with van der Waals surface area (Å²) in [6, 6.07) is 2.84. The summed E-state index contributed by atoms with van der Waals surface area (Å²) in [6.07, 6.45) is 2.87. The molecule has 7 nitrogen and oxygen atoms in total. The van der Waals surface area contributed by atoms with Crippen LogP contribution in [0, 0.1) is 23.0 Å². The van der Waals surface area contributed by atoms with Crippen LogP contribution in [-0.4, -0.2) is 60.2 Å². The third kappa shape index (κ3) is 4.28. The number of likely N-dealkylation sites (tertiary alicyclic amines) is 2. The Balaban J connectivity index is 1.46. The molecule has 2 unspecified atom stereocenters. The number of nitrogens with one attached hydrogen (secondary N) is 1. The summed E-state index contributed by atoms with van der Waals surface area (Å²) in [5.74, 6) is -2.24. The molecule has 1 spiro atoms. The molecular formula is C22H28F2N4O3. The van der Waals surface area contributed by atoms with Crippen molar-refractivity contribution in [2.24, 2.45) is 17.1 Å². The quantitative estimate of drug-likeness (QED) is 0.748. The molecule has 9 heteroatoms. The molecule has 0 bridgehead atoms. The molecule has 0 radical (unpaired) electrons. The van der Waals surface area contributed by atoms with E-state index in [1.54, 1.807) is 4.90 Å².